The van der Waals surface area contributed by atoms with E-state index in [0.717, 1.165) is 36.5 Å². The average Bonchev–Trinajstić information content (AvgIpc) is 2.88. The molecule has 0 spiro atoms. The normalized spacial score (nSPS) is 16.7. The zero-order chi connectivity index (χ0) is 16.4. The van der Waals surface area contributed by atoms with Gasteiger partial charge in [-0.05, 0) is 32.9 Å². The fraction of sp³-hybridized carbons (Fsp3) is 0.529. The highest BCUT2D eigenvalue weighted by atomic mass is 16.6. The van der Waals surface area contributed by atoms with Crippen LogP contribution in [0.1, 0.15) is 26.6 Å². The van der Waals surface area contributed by atoms with Crippen molar-refractivity contribution < 1.29 is 9.53 Å². The van der Waals surface area contributed by atoms with Crippen molar-refractivity contribution >= 4 is 17.1 Å². The molecule has 1 aromatic heterocycles. The van der Waals surface area contributed by atoms with E-state index < -0.39 is 5.60 Å². The summed E-state index contributed by atoms with van der Waals surface area (Å²) < 4.78 is 5.42. The van der Waals surface area contributed by atoms with Crippen LogP contribution in [0.15, 0.2) is 24.3 Å². The molecular formula is C17H24N4O2. The minimum absolute atomic E-state index is 0.221. The minimum atomic E-state index is -0.442. The van der Waals surface area contributed by atoms with E-state index in [-0.39, 0.29) is 6.09 Å². The molecule has 0 aliphatic carbocycles. The maximum atomic E-state index is 12.1. The van der Waals surface area contributed by atoms with Gasteiger partial charge in [-0.25, -0.2) is 9.78 Å². The van der Waals surface area contributed by atoms with E-state index in [1.165, 1.54) is 0 Å². The number of para-hydroxylation sites is 2. The number of aromatic nitrogens is 2. The SMILES string of the molecule is CC(C)(C)OC(=O)N1CCN(Cc2nc3ccccc3[nH]2)CC1. The van der Waals surface area contributed by atoms with Crippen LogP contribution < -0.4 is 0 Å². The van der Waals surface area contributed by atoms with Crippen molar-refractivity contribution in [2.24, 2.45) is 0 Å². The van der Waals surface area contributed by atoms with E-state index in [1.54, 1.807) is 4.90 Å². The molecule has 0 unspecified atom stereocenters. The lowest BCUT2D eigenvalue weighted by atomic mass is 10.2. The standard InChI is InChI=1S/C17H24N4O2/c1-17(2,3)23-16(22)21-10-8-20(9-11-21)12-15-18-13-6-4-5-7-14(13)19-15/h4-7H,8-12H2,1-3H3,(H,18,19). The number of nitrogens with one attached hydrogen (secondary N) is 1. The third-order valence-corrected chi connectivity index (χ3v) is 3.84. The second-order valence-corrected chi connectivity index (χ2v) is 6.94. The summed E-state index contributed by atoms with van der Waals surface area (Å²) in [5.74, 6) is 0.969. The van der Waals surface area contributed by atoms with Gasteiger partial charge >= 0.3 is 6.09 Å². The van der Waals surface area contributed by atoms with Crippen LogP contribution in [0.25, 0.3) is 11.0 Å². The van der Waals surface area contributed by atoms with Gasteiger partial charge < -0.3 is 14.6 Å². The second-order valence-electron chi connectivity index (χ2n) is 6.94. The molecule has 1 fully saturated rings. The number of carbonyl (C=O) groups excluding carboxylic acids is 1. The fourth-order valence-electron chi connectivity index (χ4n) is 2.71. The molecule has 2 aromatic rings. The maximum Gasteiger partial charge on any atom is 0.410 e. The van der Waals surface area contributed by atoms with Crippen LogP contribution in [0.4, 0.5) is 4.79 Å². The van der Waals surface area contributed by atoms with Gasteiger partial charge in [0, 0.05) is 26.2 Å². The summed E-state index contributed by atoms with van der Waals surface area (Å²) in [5.41, 5.74) is 1.62. The van der Waals surface area contributed by atoms with E-state index in [1.807, 2.05) is 45.0 Å². The molecule has 6 heteroatoms. The monoisotopic (exact) mass is 316 g/mol. The molecule has 1 N–H and O–H groups in total. The number of H-pyrrole nitrogens is 1. The van der Waals surface area contributed by atoms with Crippen molar-refractivity contribution in [3.05, 3.63) is 30.1 Å². The Morgan fingerprint density at radius 3 is 2.57 bits per heavy atom. The highest BCUT2D eigenvalue weighted by Gasteiger charge is 2.26. The summed E-state index contributed by atoms with van der Waals surface area (Å²) in [6, 6.07) is 8.04. The lowest BCUT2D eigenvalue weighted by Crippen LogP contribution is -2.49. The summed E-state index contributed by atoms with van der Waals surface area (Å²) in [4.78, 5) is 24.1. The Bertz CT molecular complexity index is 648. The number of imidazole rings is 1. The smallest absolute Gasteiger partial charge is 0.410 e. The largest absolute Gasteiger partial charge is 0.444 e. The first-order chi connectivity index (χ1) is 10.9. The Kier molecular flexibility index (Phi) is 4.26. The number of nitrogens with zero attached hydrogens (tertiary/aromatic N) is 3. The molecule has 6 nitrogen and oxygen atoms in total. The highest BCUT2D eigenvalue weighted by Crippen LogP contribution is 2.14. The maximum absolute atomic E-state index is 12.1. The van der Waals surface area contributed by atoms with Crippen molar-refractivity contribution in [1.82, 2.24) is 19.8 Å². The highest BCUT2D eigenvalue weighted by molar-refractivity contribution is 5.74. The number of ether oxygens (including phenoxy) is 1. The molecule has 0 bridgehead atoms. The number of hydrogen-bond donors (Lipinski definition) is 1. The number of rotatable bonds is 2. The average molecular weight is 316 g/mol. The number of benzene rings is 1. The zero-order valence-corrected chi connectivity index (χ0v) is 14.0. The predicted molar refractivity (Wildman–Crippen MR) is 89.2 cm³/mol. The molecule has 1 saturated heterocycles. The van der Waals surface area contributed by atoms with E-state index in [9.17, 15) is 4.79 Å². The van der Waals surface area contributed by atoms with Crippen molar-refractivity contribution in [2.75, 3.05) is 26.2 Å². The van der Waals surface area contributed by atoms with Crippen LogP contribution in [-0.2, 0) is 11.3 Å². The van der Waals surface area contributed by atoms with Gasteiger partial charge in [-0.2, -0.15) is 0 Å². The van der Waals surface area contributed by atoms with Crippen LogP contribution in [0.2, 0.25) is 0 Å². The van der Waals surface area contributed by atoms with Gasteiger partial charge in [0.2, 0.25) is 0 Å². The zero-order valence-electron chi connectivity index (χ0n) is 14.0. The molecule has 0 saturated carbocycles. The molecular weight excluding hydrogens is 292 g/mol. The molecule has 1 aliphatic rings. The second kappa shape index (κ2) is 6.20. The quantitative estimate of drug-likeness (QED) is 0.925. The van der Waals surface area contributed by atoms with Crippen molar-refractivity contribution in [3.8, 4) is 0 Å². The van der Waals surface area contributed by atoms with Gasteiger partial charge in [-0.1, -0.05) is 12.1 Å². The molecule has 3 rings (SSSR count). The first-order valence-corrected chi connectivity index (χ1v) is 8.05. The molecule has 23 heavy (non-hydrogen) atoms. The van der Waals surface area contributed by atoms with Gasteiger partial charge in [0.25, 0.3) is 0 Å². The summed E-state index contributed by atoms with van der Waals surface area (Å²) in [6.45, 7) is 9.49. The van der Waals surface area contributed by atoms with E-state index in [4.69, 9.17) is 4.74 Å². The summed E-state index contributed by atoms with van der Waals surface area (Å²) in [5, 5.41) is 0. The van der Waals surface area contributed by atoms with Crippen LogP contribution in [-0.4, -0.2) is 57.6 Å². The first-order valence-electron chi connectivity index (χ1n) is 8.05. The fourth-order valence-corrected chi connectivity index (χ4v) is 2.71. The van der Waals surface area contributed by atoms with Gasteiger partial charge in [-0.3, -0.25) is 4.90 Å². The molecule has 124 valence electrons. The number of fused-ring (bicyclic) bond motifs is 1. The number of hydrogen-bond acceptors (Lipinski definition) is 4. The van der Waals surface area contributed by atoms with E-state index >= 15 is 0 Å². The lowest BCUT2D eigenvalue weighted by Gasteiger charge is -2.35. The molecule has 0 radical (unpaired) electrons. The van der Waals surface area contributed by atoms with Crippen LogP contribution in [0.3, 0.4) is 0 Å². The number of aromatic amines is 1. The topological polar surface area (TPSA) is 61.5 Å². The van der Waals surface area contributed by atoms with Crippen molar-refractivity contribution in [1.29, 1.82) is 0 Å². The van der Waals surface area contributed by atoms with Crippen molar-refractivity contribution in [3.63, 3.8) is 0 Å². The summed E-state index contributed by atoms with van der Waals surface area (Å²) >= 11 is 0. The predicted octanol–water partition coefficient (Wildman–Crippen LogP) is 2.62. The van der Waals surface area contributed by atoms with E-state index in [2.05, 4.69) is 14.9 Å². The summed E-state index contributed by atoms with van der Waals surface area (Å²) in [6.07, 6.45) is -0.221. The Morgan fingerprint density at radius 2 is 1.91 bits per heavy atom. The van der Waals surface area contributed by atoms with Gasteiger partial charge in [0.05, 0.1) is 17.6 Å². The Labute approximate surface area is 136 Å². The molecule has 1 amide bonds. The van der Waals surface area contributed by atoms with E-state index in [0.29, 0.717) is 13.1 Å². The third kappa shape index (κ3) is 4.01. The minimum Gasteiger partial charge on any atom is -0.444 e. The molecule has 2 heterocycles. The Morgan fingerprint density at radius 1 is 1.22 bits per heavy atom. The van der Waals surface area contributed by atoms with Crippen molar-refractivity contribution in [2.45, 2.75) is 32.9 Å². The first kappa shape index (κ1) is 15.8. The number of piperazine rings is 1. The molecule has 1 aromatic carbocycles. The van der Waals surface area contributed by atoms with Crippen LogP contribution in [0, 0.1) is 0 Å². The molecule has 0 atom stereocenters. The summed E-state index contributed by atoms with van der Waals surface area (Å²) in [7, 11) is 0. The lowest BCUT2D eigenvalue weighted by molar-refractivity contribution is 0.0137. The third-order valence-electron chi connectivity index (χ3n) is 3.84. The molecule has 1 aliphatic heterocycles. The van der Waals surface area contributed by atoms with Gasteiger partial charge in [0.1, 0.15) is 11.4 Å². The van der Waals surface area contributed by atoms with Gasteiger partial charge in [-0.15, -0.1) is 0 Å². The van der Waals surface area contributed by atoms with Crippen LogP contribution >= 0.6 is 0 Å². The number of amides is 1. The Hall–Kier alpha value is -2.08. The Balaban J connectivity index is 1.54. The number of carbonyl (C=O) groups is 1. The van der Waals surface area contributed by atoms with Crippen LogP contribution in [0.5, 0.6) is 0 Å². The van der Waals surface area contributed by atoms with Gasteiger partial charge in [0.15, 0.2) is 0 Å².